The molecule has 0 aromatic carbocycles. The van der Waals surface area contributed by atoms with E-state index in [0.29, 0.717) is 30.0 Å². The zero-order chi connectivity index (χ0) is 13.6. The number of hydrogen-bond donors (Lipinski definition) is 1. The Bertz CT molecular complexity index is 252. The van der Waals surface area contributed by atoms with Gasteiger partial charge in [-0.05, 0) is 36.5 Å². The molecule has 0 radical (unpaired) electrons. The Morgan fingerprint density at radius 3 is 2.50 bits per heavy atom. The van der Waals surface area contributed by atoms with Gasteiger partial charge in [0.25, 0.3) is 0 Å². The molecule has 0 aliphatic heterocycles. The summed E-state index contributed by atoms with van der Waals surface area (Å²) in [5, 5.41) is 8.74. The van der Waals surface area contributed by atoms with Crippen molar-refractivity contribution in [1.82, 2.24) is 0 Å². The Morgan fingerprint density at radius 2 is 1.89 bits per heavy atom. The second kappa shape index (κ2) is 7.28. The first-order chi connectivity index (χ1) is 8.40. The largest absolute Gasteiger partial charge is 0.396 e. The van der Waals surface area contributed by atoms with E-state index in [1.807, 2.05) is 0 Å². The van der Waals surface area contributed by atoms with Gasteiger partial charge in [0.1, 0.15) is 5.78 Å². The lowest BCUT2D eigenvalue weighted by molar-refractivity contribution is -0.120. The Labute approximate surface area is 112 Å². The Hall–Kier alpha value is -0.370. The molecule has 2 unspecified atom stereocenters. The standard InChI is InChI=1S/C16H30O2/c1-16(2,3)12-14-7-4-6-13(10-14)11-15(18)8-5-9-17/h13-14,17H,4-12H2,1-3H3. The summed E-state index contributed by atoms with van der Waals surface area (Å²) in [4.78, 5) is 11.8. The molecule has 106 valence electrons. The number of Topliss-reactive ketones (excluding diaryl/α,β-unsaturated/α-hetero) is 1. The van der Waals surface area contributed by atoms with E-state index in [9.17, 15) is 4.79 Å². The highest BCUT2D eigenvalue weighted by Gasteiger charge is 2.26. The Morgan fingerprint density at radius 1 is 1.22 bits per heavy atom. The molecule has 0 bridgehead atoms. The van der Waals surface area contributed by atoms with E-state index in [0.717, 1.165) is 12.3 Å². The molecule has 0 saturated heterocycles. The quantitative estimate of drug-likeness (QED) is 0.779. The summed E-state index contributed by atoms with van der Waals surface area (Å²) in [5.41, 5.74) is 0.410. The van der Waals surface area contributed by atoms with Crippen LogP contribution in [0.2, 0.25) is 0 Å². The Balaban J connectivity index is 2.32. The molecule has 2 heteroatoms. The van der Waals surface area contributed by atoms with Crippen molar-refractivity contribution in [3.05, 3.63) is 0 Å². The number of aliphatic hydroxyl groups excluding tert-OH is 1. The van der Waals surface area contributed by atoms with E-state index in [1.165, 1.54) is 32.1 Å². The number of carbonyl (C=O) groups excluding carboxylic acids is 1. The molecule has 0 aromatic heterocycles. The van der Waals surface area contributed by atoms with Crippen LogP contribution in [-0.4, -0.2) is 17.5 Å². The Kier molecular flexibility index (Phi) is 6.34. The second-order valence-corrected chi connectivity index (χ2v) is 7.23. The van der Waals surface area contributed by atoms with Crippen LogP contribution in [0.3, 0.4) is 0 Å². The van der Waals surface area contributed by atoms with Crippen molar-refractivity contribution in [3.8, 4) is 0 Å². The molecule has 1 rings (SSSR count). The molecule has 2 atom stereocenters. The summed E-state index contributed by atoms with van der Waals surface area (Å²) in [5.74, 6) is 1.78. The minimum Gasteiger partial charge on any atom is -0.396 e. The first-order valence-corrected chi connectivity index (χ1v) is 7.53. The van der Waals surface area contributed by atoms with Crippen molar-refractivity contribution in [2.45, 2.75) is 72.1 Å². The average Bonchev–Trinajstić information content (AvgIpc) is 2.24. The lowest BCUT2D eigenvalue weighted by atomic mass is 9.73. The van der Waals surface area contributed by atoms with Crippen molar-refractivity contribution in [3.63, 3.8) is 0 Å². The maximum absolute atomic E-state index is 11.8. The molecule has 1 aliphatic carbocycles. The summed E-state index contributed by atoms with van der Waals surface area (Å²) < 4.78 is 0. The second-order valence-electron chi connectivity index (χ2n) is 7.23. The van der Waals surface area contributed by atoms with Gasteiger partial charge in [-0.1, -0.05) is 40.0 Å². The van der Waals surface area contributed by atoms with E-state index in [2.05, 4.69) is 20.8 Å². The van der Waals surface area contributed by atoms with Crippen LogP contribution in [0.25, 0.3) is 0 Å². The first-order valence-electron chi connectivity index (χ1n) is 7.53. The number of ketones is 1. The van der Waals surface area contributed by atoms with E-state index in [4.69, 9.17) is 5.11 Å². The van der Waals surface area contributed by atoms with Gasteiger partial charge >= 0.3 is 0 Å². The van der Waals surface area contributed by atoms with E-state index >= 15 is 0 Å². The van der Waals surface area contributed by atoms with Gasteiger partial charge < -0.3 is 5.11 Å². The van der Waals surface area contributed by atoms with Gasteiger partial charge in [-0.15, -0.1) is 0 Å². The minimum absolute atomic E-state index is 0.142. The molecule has 1 saturated carbocycles. The fourth-order valence-electron chi connectivity index (χ4n) is 3.34. The molecule has 18 heavy (non-hydrogen) atoms. The van der Waals surface area contributed by atoms with Crippen LogP contribution < -0.4 is 0 Å². The van der Waals surface area contributed by atoms with Crippen molar-refractivity contribution in [2.75, 3.05) is 6.61 Å². The monoisotopic (exact) mass is 254 g/mol. The molecule has 1 N–H and O–H groups in total. The van der Waals surface area contributed by atoms with Gasteiger partial charge in [0.15, 0.2) is 0 Å². The van der Waals surface area contributed by atoms with Crippen LogP contribution in [0.1, 0.15) is 72.1 Å². The molecule has 0 amide bonds. The lowest BCUT2D eigenvalue weighted by Crippen LogP contribution is -2.22. The summed E-state index contributed by atoms with van der Waals surface area (Å²) in [6.45, 7) is 7.07. The molecule has 0 spiro atoms. The maximum Gasteiger partial charge on any atom is 0.133 e. The normalized spacial score (nSPS) is 25.1. The van der Waals surface area contributed by atoms with Gasteiger partial charge in [0, 0.05) is 19.4 Å². The molecular formula is C16H30O2. The SMILES string of the molecule is CC(C)(C)CC1CCCC(CC(=O)CCCO)C1. The summed E-state index contributed by atoms with van der Waals surface area (Å²) in [6, 6.07) is 0. The van der Waals surface area contributed by atoms with Crippen LogP contribution in [-0.2, 0) is 4.79 Å². The predicted molar refractivity (Wildman–Crippen MR) is 75.5 cm³/mol. The third-order valence-electron chi connectivity index (χ3n) is 3.92. The highest BCUT2D eigenvalue weighted by atomic mass is 16.3. The number of rotatable bonds is 6. The summed E-state index contributed by atoms with van der Waals surface area (Å²) in [7, 11) is 0. The van der Waals surface area contributed by atoms with Crippen LogP contribution in [0.5, 0.6) is 0 Å². The zero-order valence-corrected chi connectivity index (χ0v) is 12.4. The van der Waals surface area contributed by atoms with E-state index in [1.54, 1.807) is 0 Å². The van der Waals surface area contributed by atoms with Crippen LogP contribution in [0.15, 0.2) is 0 Å². The third kappa shape index (κ3) is 6.53. The molecule has 1 aliphatic rings. The molecule has 0 aromatic rings. The number of aliphatic hydroxyl groups is 1. The highest BCUT2D eigenvalue weighted by Crippen LogP contribution is 2.38. The third-order valence-corrected chi connectivity index (χ3v) is 3.92. The van der Waals surface area contributed by atoms with Gasteiger partial charge in [0.2, 0.25) is 0 Å². The predicted octanol–water partition coefficient (Wildman–Crippen LogP) is 3.96. The number of hydrogen-bond acceptors (Lipinski definition) is 2. The van der Waals surface area contributed by atoms with Crippen molar-refractivity contribution in [1.29, 1.82) is 0 Å². The molecule has 0 heterocycles. The van der Waals surface area contributed by atoms with Gasteiger partial charge in [-0.25, -0.2) is 0 Å². The maximum atomic E-state index is 11.8. The number of carbonyl (C=O) groups is 1. The van der Waals surface area contributed by atoms with Crippen LogP contribution >= 0.6 is 0 Å². The van der Waals surface area contributed by atoms with Crippen molar-refractivity contribution >= 4 is 5.78 Å². The fraction of sp³-hybridized carbons (Fsp3) is 0.938. The fourth-order valence-corrected chi connectivity index (χ4v) is 3.34. The van der Waals surface area contributed by atoms with Crippen molar-refractivity contribution < 1.29 is 9.90 Å². The van der Waals surface area contributed by atoms with Crippen LogP contribution in [0, 0.1) is 17.3 Å². The molecule has 2 nitrogen and oxygen atoms in total. The minimum atomic E-state index is 0.142. The summed E-state index contributed by atoms with van der Waals surface area (Å²) in [6.07, 6.45) is 8.34. The van der Waals surface area contributed by atoms with E-state index in [-0.39, 0.29) is 6.61 Å². The van der Waals surface area contributed by atoms with Gasteiger partial charge in [0.05, 0.1) is 0 Å². The summed E-state index contributed by atoms with van der Waals surface area (Å²) >= 11 is 0. The topological polar surface area (TPSA) is 37.3 Å². The van der Waals surface area contributed by atoms with E-state index < -0.39 is 0 Å². The zero-order valence-electron chi connectivity index (χ0n) is 12.4. The molecular weight excluding hydrogens is 224 g/mol. The average molecular weight is 254 g/mol. The highest BCUT2D eigenvalue weighted by molar-refractivity contribution is 5.78. The smallest absolute Gasteiger partial charge is 0.133 e. The lowest BCUT2D eigenvalue weighted by Gasteiger charge is -2.33. The van der Waals surface area contributed by atoms with Gasteiger partial charge in [-0.3, -0.25) is 4.79 Å². The molecule has 1 fully saturated rings. The van der Waals surface area contributed by atoms with Crippen LogP contribution in [0.4, 0.5) is 0 Å². The van der Waals surface area contributed by atoms with Crippen molar-refractivity contribution in [2.24, 2.45) is 17.3 Å². The van der Waals surface area contributed by atoms with Gasteiger partial charge in [-0.2, -0.15) is 0 Å². The first kappa shape index (κ1) is 15.7.